The van der Waals surface area contributed by atoms with Crippen molar-refractivity contribution in [2.45, 2.75) is 39.0 Å². The van der Waals surface area contributed by atoms with Gasteiger partial charge >= 0.3 is 0 Å². The number of ether oxygens (including phenoxy) is 2. The highest BCUT2D eigenvalue weighted by molar-refractivity contribution is 5.82. The van der Waals surface area contributed by atoms with Gasteiger partial charge in [-0.25, -0.2) is 4.98 Å². The molecule has 0 saturated carbocycles. The zero-order valence-electron chi connectivity index (χ0n) is 14.6. The summed E-state index contributed by atoms with van der Waals surface area (Å²) < 4.78 is 10.8. The molecule has 2 heterocycles. The maximum absolute atomic E-state index is 5.47. The molecule has 0 atom stereocenters. The number of aromatic nitrogens is 1. The predicted octanol–water partition coefficient (Wildman–Crippen LogP) is 5.75. The molecule has 0 saturated heterocycles. The molecule has 0 radical (unpaired) electrons. The summed E-state index contributed by atoms with van der Waals surface area (Å²) in [6, 6.07) is 16.9. The van der Waals surface area contributed by atoms with Crippen molar-refractivity contribution in [3.8, 4) is 22.8 Å². The van der Waals surface area contributed by atoms with E-state index in [1.165, 1.54) is 36.6 Å². The number of hydrogen-bond acceptors (Lipinski definition) is 3. The highest BCUT2D eigenvalue weighted by atomic mass is 16.7. The standard InChI is InChI=1S/C22H23NO2/c1-2-3-4-5-6-16-7-10-19-17(13-16)8-11-20(23-19)18-9-12-21-22(14-18)25-15-24-21/h7-14H,2-6,15H2,1H3. The number of rotatable bonds is 6. The zero-order chi connectivity index (χ0) is 17.1. The number of pyridine rings is 1. The van der Waals surface area contributed by atoms with E-state index in [9.17, 15) is 0 Å². The molecule has 0 N–H and O–H groups in total. The van der Waals surface area contributed by atoms with Crippen LogP contribution in [0.2, 0.25) is 0 Å². The Kier molecular flexibility index (Phi) is 4.55. The summed E-state index contributed by atoms with van der Waals surface area (Å²) in [6.07, 6.45) is 6.34. The summed E-state index contributed by atoms with van der Waals surface area (Å²) in [5.41, 5.74) is 4.45. The summed E-state index contributed by atoms with van der Waals surface area (Å²) in [4.78, 5) is 4.83. The van der Waals surface area contributed by atoms with Crippen molar-refractivity contribution >= 4 is 10.9 Å². The van der Waals surface area contributed by atoms with Crippen LogP contribution in [0.15, 0.2) is 48.5 Å². The van der Waals surface area contributed by atoms with Crippen molar-refractivity contribution in [3.05, 3.63) is 54.1 Å². The molecule has 3 aromatic rings. The second-order valence-electron chi connectivity index (χ2n) is 6.60. The Morgan fingerprint density at radius 2 is 1.80 bits per heavy atom. The minimum absolute atomic E-state index is 0.297. The first-order chi connectivity index (χ1) is 12.3. The highest BCUT2D eigenvalue weighted by Crippen LogP contribution is 2.35. The molecular formula is C22H23NO2. The topological polar surface area (TPSA) is 31.4 Å². The van der Waals surface area contributed by atoms with E-state index in [0.29, 0.717) is 6.79 Å². The number of benzene rings is 2. The van der Waals surface area contributed by atoms with Crippen LogP contribution in [0.5, 0.6) is 11.5 Å². The fourth-order valence-electron chi connectivity index (χ4n) is 3.30. The van der Waals surface area contributed by atoms with Crippen LogP contribution in [-0.4, -0.2) is 11.8 Å². The van der Waals surface area contributed by atoms with E-state index in [0.717, 1.165) is 34.7 Å². The van der Waals surface area contributed by atoms with Crippen LogP contribution in [0.4, 0.5) is 0 Å². The molecule has 0 amide bonds. The molecule has 1 aliphatic rings. The Hall–Kier alpha value is -2.55. The van der Waals surface area contributed by atoms with E-state index in [4.69, 9.17) is 14.5 Å². The van der Waals surface area contributed by atoms with Crippen LogP contribution in [-0.2, 0) is 6.42 Å². The van der Waals surface area contributed by atoms with Gasteiger partial charge in [0.15, 0.2) is 11.5 Å². The molecule has 4 rings (SSSR count). The lowest BCUT2D eigenvalue weighted by atomic mass is 10.0. The maximum atomic E-state index is 5.47. The van der Waals surface area contributed by atoms with Crippen molar-refractivity contribution in [1.29, 1.82) is 0 Å². The first-order valence-corrected chi connectivity index (χ1v) is 9.13. The second-order valence-corrected chi connectivity index (χ2v) is 6.60. The number of nitrogens with zero attached hydrogens (tertiary/aromatic N) is 1. The third-order valence-electron chi connectivity index (χ3n) is 4.74. The van der Waals surface area contributed by atoms with Crippen molar-refractivity contribution in [2.24, 2.45) is 0 Å². The Balaban J connectivity index is 1.56. The number of hydrogen-bond donors (Lipinski definition) is 0. The SMILES string of the molecule is CCCCCCc1ccc2nc(-c3ccc4c(c3)OCO4)ccc2c1. The fourth-order valence-corrected chi connectivity index (χ4v) is 3.30. The lowest BCUT2D eigenvalue weighted by Gasteiger charge is -2.07. The molecule has 2 aromatic carbocycles. The highest BCUT2D eigenvalue weighted by Gasteiger charge is 2.14. The first-order valence-electron chi connectivity index (χ1n) is 9.13. The Labute approximate surface area is 148 Å². The first kappa shape index (κ1) is 15.9. The predicted molar refractivity (Wildman–Crippen MR) is 101 cm³/mol. The minimum Gasteiger partial charge on any atom is -0.454 e. The van der Waals surface area contributed by atoms with Crippen LogP contribution >= 0.6 is 0 Å². The van der Waals surface area contributed by atoms with Gasteiger partial charge in [-0.15, -0.1) is 0 Å². The van der Waals surface area contributed by atoms with Gasteiger partial charge in [0.2, 0.25) is 6.79 Å². The van der Waals surface area contributed by atoms with Gasteiger partial charge in [0.1, 0.15) is 0 Å². The normalized spacial score (nSPS) is 12.7. The summed E-state index contributed by atoms with van der Waals surface area (Å²) in [5, 5.41) is 1.21. The van der Waals surface area contributed by atoms with E-state index in [1.807, 2.05) is 18.2 Å². The molecule has 0 spiro atoms. The number of aryl methyl sites for hydroxylation is 1. The van der Waals surface area contributed by atoms with Gasteiger partial charge in [-0.2, -0.15) is 0 Å². The largest absolute Gasteiger partial charge is 0.454 e. The molecule has 0 bridgehead atoms. The average molecular weight is 333 g/mol. The Morgan fingerprint density at radius 1 is 0.880 bits per heavy atom. The zero-order valence-corrected chi connectivity index (χ0v) is 14.6. The van der Waals surface area contributed by atoms with Crippen molar-refractivity contribution in [1.82, 2.24) is 4.98 Å². The van der Waals surface area contributed by atoms with Gasteiger partial charge in [-0.3, -0.25) is 0 Å². The molecule has 3 heteroatoms. The Bertz CT molecular complexity index is 888. The molecule has 128 valence electrons. The number of unbranched alkanes of at least 4 members (excludes halogenated alkanes) is 3. The van der Waals surface area contributed by atoms with Crippen LogP contribution in [0, 0.1) is 0 Å². The molecule has 0 unspecified atom stereocenters. The van der Waals surface area contributed by atoms with Gasteiger partial charge in [0.05, 0.1) is 11.2 Å². The van der Waals surface area contributed by atoms with Gasteiger partial charge in [-0.05, 0) is 54.8 Å². The van der Waals surface area contributed by atoms with Gasteiger partial charge in [0, 0.05) is 10.9 Å². The molecule has 25 heavy (non-hydrogen) atoms. The second kappa shape index (κ2) is 7.14. The van der Waals surface area contributed by atoms with Crippen LogP contribution in [0.3, 0.4) is 0 Å². The van der Waals surface area contributed by atoms with Crippen LogP contribution in [0.25, 0.3) is 22.2 Å². The molecule has 3 nitrogen and oxygen atoms in total. The van der Waals surface area contributed by atoms with Crippen LogP contribution < -0.4 is 9.47 Å². The summed E-state index contributed by atoms with van der Waals surface area (Å²) in [7, 11) is 0. The Morgan fingerprint density at radius 3 is 2.72 bits per heavy atom. The minimum atomic E-state index is 0.297. The smallest absolute Gasteiger partial charge is 0.231 e. The van der Waals surface area contributed by atoms with Crippen LogP contribution in [0.1, 0.15) is 38.2 Å². The summed E-state index contributed by atoms with van der Waals surface area (Å²) >= 11 is 0. The van der Waals surface area contributed by atoms with Crippen molar-refractivity contribution in [3.63, 3.8) is 0 Å². The average Bonchev–Trinajstić information content (AvgIpc) is 3.12. The van der Waals surface area contributed by atoms with Gasteiger partial charge in [-0.1, -0.05) is 38.3 Å². The summed E-state index contributed by atoms with van der Waals surface area (Å²) in [6.45, 7) is 2.55. The molecule has 0 aliphatic carbocycles. The summed E-state index contributed by atoms with van der Waals surface area (Å²) in [5.74, 6) is 1.60. The van der Waals surface area contributed by atoms with E-state index in [2.05, 4.69) is 37.3 Å². The van der Waals surface area contributed by atoms with E-state index >= 15 is 0 Å². The third-order valence-corrected chi connectivity index (χ3v) is 4.74. The quantitative estimate of drug-likeness (QED) is 0.538. The van der Waals surface area contributed by atoms with E-state index in [-0.39, 0.29) is 0 Å². The number of fused-ring (bicyclic) bond motifs is 2. The van der Waals surface area contributed by atoms with Gasteiger partial charge in [0.25, 0.3) is 0 Å². The third kappa shape index (κ3) is 3.46. The molecular weight excluding hydrogens is 310 g/mol. The van der Waals surface area contributed by atoms with Crippen molar-refractivity contribution < 1.29 is 9.47 Å². The maximum Gasteiger partial charge on any atom is 0.231 e. The molecule has 0 fully saturated rings. The fraction of sp³-hybridized carbons (Fsp3) is 0.318. The van der Waals surface area contributed by atoms with Crippen molar-refractivity contribution in [2.75, 3.05) is 6.79 Å². The molecule has 1 aromatic heterocycles. The monoisotopic (exact) mass is 333 g/mol. The lowest BCUT2D eigenvalue weighted by molar-refractivity contribution is 0.174. The van der Waals surface area contributed by atoms with E-state index in [1.54, 1.807) is 0 Å². The van der Waals surface area contributed by atoms with Gasteiger partial charge < -0.3 is 9.47 Å². The van der Waals surface area contributed by atoms with E-state index < -0.39 is 0 Å². The molecule has 1 aliphatic heterocycles. The lowest BCUT2D eigenvalue weighted by Crippen LogP contribution is -1.92.